The van der Waals surface area contributed by atoms with E-state index in [0.717, 1.165) is 16.7 Å². The van der Waals surface area contributed by atoms with Crippen LogP contribution < -0.4 is 0 Å². The molecule has 2 heterocycles. The predicted octanol–water partition coefficient (Wildman–Crippen LogP) is 6.12. The van der Waals surface area contributed by atoms with Crippen LogP contribution in [0.25, 0.3) is 0 Å². The van der Waals surface area contributed by atoms with Gasteiger partial charge < -0.3 is 23.4 Å². The highest BCUT2D eigenvalue weighted by molar-refractivity contribution is 7.86. The third-order valence-electron chi connectivity index (χ3n) is 7.16. The molecule has 0 bridgehead atoms. The molecule has 46 heavy (non-hydrogen) atoms. The van der Waals surface area contributed by atoms with Crippen LogP contribution in [0.3, 0.4) is 0 Å². The summed E-state index contributed by atoms with van der Waals surface area (Å²) in [6, 6.07) is 33.9. The molecule has 1 aliphatic heterocycles. The van der Waals surface area contributed by atoms with Crippen LogP contribution in [-0.4, -0.2) is 59.0 Å². The van der Waals surface area contributed by atoms with E-state index < -0.39 is 49.1 Å². The Balaban J connectivity index is 1.49. The molecule has 5 atom stereocenters. The van der Waals surface area contributed by atoms with Crippen molar-refractivity contribution < 1.29 is 36.0 Å². The van der Waals surface area contributed by atoms with Gasteiger partial charge in [-0.1, -0.05) is 97.1 Å². The van der Waals surface area contributed by atoms with Crippen molar-refractivity contribution in [3.05, 3.63) is 132 Å². The fourth-order valence-corrected chi connectivity index (χ4v) is 7.08. The molecule has 11 heteroatoms. The minimum absolute atomic E-state index is 0.0860. The summed E-state index contributed by atoms with van der Waals surface area (Å²) in [7, 11) is -6.67. The standard InChI is InChI=1S/C35H41NO8SSi/c1-46(2,3)44-34-33(41-25-29-19-11-6-12-20-29)32(40-24-28-17-9-5-10-18-28)30(26-39-23-27-15-7-4-8-16-27)42-35(34)43-45(37,38)31-21-13-14-22-36-31/h4-22,30,32-35H,23-26H2,1-3H3/t30-,32-,33+,34-,35+/m1/s1. The van der Waals surface area contributed by atoms with Crippen LogP contribution in [0, 0.1) is 0 Å². The lowest BCUT2D eigenvalue weighted by atomic mass is 9.98. The van der Waals surface area contributed by atoms with Gasteiger partial charge >= 0.3 is 10.1 Å². The molecule has 4 aromatic rings. The number of nitrogens with zero attached hydrogens (tertiary/aromatic N) is 1. The second-order valence-corrected chi connectivity index (χ2v) is 18.0. The van der Waals surface area contributed by atoms with Gasteiger partial charge in [-0.25, -0.2) is 9.17 Å². The molecule has 9 nitrogen and oxygen atoms in total. The minimum Gasteiger partial charge on any atom is -0.407 e. The van der Waals surface area contributed by atoms with Crippen molar-refractivity contribution in [3.63, 3.8) is 0 Å². The van der Waals surface area contributed by atoms with E-state index >= 15 is 0 Å². The van der Waals surface area contributed by atoms with E-state index in [1.165, 1.54) is 12.3 Å². The summed E-state index contributed by atoms with van der Waals surface area (Å²) in [5, 5.41) is -0.230. The summed E-state index contributed by atoms with van der Waals surface area (Å²) >= 11 is 0. The smallest absolute Gasteiger partial charge is 0.317 e. The second-order valence-electron chi connectivity index (χ2n) is 12.0. The zero-order valence-electron chi connectivity index (χ0n) is 26.3. The molecule has 1 fully saturated rings. The van der Waals surface area contributed by atoms with Gasteiger partial charge in [-0.3, -0.25) is 0 Å². The Hall–Kier alpha value is -3.26. The zero-order valence-corrected chi connectivity index (χ0v) is 28.1. The van der Waals surface area contributed by atoms with Gasteiger partial charge in [0, 0.05) is 6.20 Å². The molecule has 5 rings (SSSR count). The lowest BCUT2D eigenvalue weighted by Gasteiger charge is -2.47. The van der Waals surface area contributed by atoms with Crippen molar-refractivity contribution in [2.75, 3.05) is 6.61 Å². The highest BCUT2D eigenvalue weighted by Gasteiger charge is 2.51. The summed E-state index contributed by atoms with van der Waals surface area (Å²) in [5.41, 5.74) is 2.90. The van der Waals surface area contributed by atoms with Gasteiger partial charge in [0.05, 0.1) is 26.4 Å². The minimum atomic E-state index is -4.34. The number of rotatable bonds is 15. The van der Waals surface area contributed by atoms with Crippen molar-refractivity contribution in [2.45, 2.75) is 75.2 Å². The first-order valence-electron chi connectivity index (χ1n) is 15.3. The normalized spacial score (nSPS) is 22.0. The molecule has 3 aromatic carbocycles. The maximum Gasteiger partial charge on any atom is 0.317 e. The molecule has 1 aliphatic rings. The van der Waals surface area contributed by atoms with E-state index in [0.29, 0.717) is 6.61 Å². The summed E-state index contributed by atoms with van der Waals surface area (Å²) in [6.45, 7) is 6.96. The average Bonchev–Trinajstić information content (AvgIpc) is 3.05. The summed E-state index contributed by atoms with van der Waals surface area (Å²) in [6.07, 6.45) is -3.15. The SMILES string of the molecule is C[Si](C)(C)O[C@H]1[C@H](OS(=O)(=O)c2ccccn2)O[C@H](COCc2ccccc2)[C@@H](OCc2ccccc2)[C@@H]1OCc1ccccc1. The molecule has 0 aliphatic carbocycles. The fraction of sp³-hybridized carbons (Fsp3) is 0.343. The molecule has 0 amide bonds. The molecule has 1 aromatic heterocycles. The van der Waals surface area contributed by atoms with Gasteiger partial charge in [-0.15, -0.1) is 0 Å². The number of hydrogen-bond acceptors (Lipinski definition) is 9. The highest BCUT2D eigenvalue weighted by atomic mass is 32.2. The van der Waals surface area contributed by atoms with E-state index in [9.17, 15) is 8.42 Å². The number of benzene rings is 3. The number of pyridine rings is 1. The van der Waals surface area contributed by atoms with Crippen LogP contribution in [0.4, 0.5) is 0 Å². The molecular weight excluding hydrogens is 623 g/mol. The summed E-state index contributed by atoms with van der Waals surface area (Å²) in [4.78, 5) is 4.01. The van der Waals surface area contributed by atoms with Crippen molar-refractivity contribution in [1.29, 1.82) is 0 Å². The second kappa shape index (κ2) is 16.0. The Bertz CT molecular complexity index is 1570. The van der Waals surface area contributed by atoms with E-state index in [2.05, 4.69) is 4.98 Å². The first-order chi connectivity index (χ1) is 22.2. The van der Waals surface area contributed by atoms with Crippen LogP contribution in [0.15, 0.2) is 120 Å². The lowest BCUT2D eigenvalue weighted by Crippen LogP contribution is -2.63. The van der Waals surface area contributed by atoms with Crippen molar-refractivity contribution in [1.82, 2.24) is 4.98 Å². The molecule has 0 radical (unpaired) electrons. The Labute approximate surface area is 272 Å². The third kappa shape index (κ3) is 9.87. The van der Waals surface area contributed by atoms with Crippen molar-refractivity contribution in [3.8, 4) is 0 Å². The van der Waals surface area contributed by atoms with Gasteiger partial charge in [0.25, 0.3) is 0 Å². The Kier molecular flexibility index (Phi) is 11.9. The van der Waals surface area contributed by atoms with Crippen LogP contribution in [0.2, 0.25) is 19.6 Å². The largest absolute Gasteiger partial charge is 0.407 e. The molecule has 0 spiro atoms. The molecule has 0 unspecified atom stereocenters. The molecule has 0 saturated carbocycles. The third-order valence-corrected chi connectivity index (χ3v) is 9.34. The van der Waals surface area contributed by atoms with Gasteiger partial charge in [0.1, 0.15) is 24.4 Å². The maximum atomic E-state index is 13.5. The van der Waals surface area contributed by atoms with Gasteiger partial charge in [-0.05, 0) is 48.5 Å². The Morgan fingerprint density at radius 1 is 0.674 bits per heavy atom. The maximum absolute atomic E-state index is 13.5. The average molecular weight is 664 g/mol. The predicted molar refractivity (Wildman–Crippen MR) is 176 cm³/mol. The molecular formula is C35H41NO8SSi. The van der Waals surface area contributed by atoms with Gasteiger partial charge in [-0.2, -0.15) is 8.42 Å². The van der Waals surface area contributed by atoms with Crippen LogP contribution in [0.1, 0.15) is 16.7 Å². The Morgan fingerprint density at radius 2 is 1.20 bits per heavy atom. The fourth-order valence-electron chi connectivity index (χ4n) is 5.08. The first-order valence-corrected chi connectivity index (χ1v) is 20.1. The Morgan fingerprint density at radius 3 is 1.72 bits per heavy atom. The van der Waals surface area contributed by atoms with Gasteiger partial charge in [0.15, 0.2) is 13.3 Å². The van der Waals surface area contributed by atoms with Crippen molar-refractivity contribution >= 4 is 18.4 Å². The van der Waals surface area contributed by atoms with E-state index in [4.69, 9.17) is 27.6 Å². The zero-order chi connectivity index (χ0) is 32.4. The lowest BCUT2D eigenvalue weighted by molar-refractivity contribution is -0.295. The summed E-state index contributed by atoms with van der Waals surface area (Å²) in [5.74, 6) is 0. The first kappa shape index (κ1) is 34.1. The molecule has 1 saturated heterocycles. The van der Waals surface area contributed by atoms with Crippen molar-refractivity contribution in [2.24, 2.45) is 0 Å². The number of hydrogen-bond donors (Lipinski definition) is 0. The van der Waals surface area contributed by atoms with Crippen LogP contribution in [-0.2, 0) is 57.5 Å². The van der Waals surface area contributed by atoms with Gasteiger partial charge in [0.2, 0.25) is 6.29 Å². The van der Waals surface area contributed by atoms with Crippen LogP contribution >= 0.6 is 0 Å². The highest BCUT2D eigenvalue weighted by Crippen LogP contribution is 2.34. The monoisotopic (exact) mass is 663 g/mol. The van der Waals surface area contributed by atoms with E-state index in [1.807, 2.05) is 111 Å². The molecule has 244 valence electrons. The van der Waals surface area contributed by atoms with Crippen LogP contribution in [0.5, 0.6) is 0 Å². The quantitative estimate of drug-likeness (QED) is 0.110. The van der Waals surface area contributed by atoms with E-state index in [1.54, 1.807) is 12.1 Å². The topological polar surface area (TPSA) is 102 Å². The number of ether oxygens (including phenoxy) is 4. The van der Waals surface area contributed by atoms with E-state index in [-0.39, 0.29) is 24.8 Å². The molecule has 0 N–H and O–H groups in total. The summed E-state index contributed by atoms with van der Waals surface area (Å²) < 4.78 is 65.2. The number of aromatic nitrogens is 1.